The Morgan fingerprint density at radius 3 is 2.25 bits per heavy atom. The Hall–Kier alpha value is 0.270. The van der Waals surface area contributed by atoms with Gasteiger partial charge in [-0.25, -0.2) is 0 Å². The van der Waals surface area contributed by atoms with Crippen LogP contribution in [0.1, 0.15) is 13.8 Å². The second kappa shape index (κ2) is 3.33. The lowest BCUT2D eigenvalue weighted by molar-refractivity contribution is 0.281. The molecule has 0 bridgehead atoms. The molecular formula is C5H13NOS. The third-order valence-corrected chi connectivity index (χ3v) is 0.902. The first-order valence-corrected chi connectivity index (χ1v) is 3.66. The molecule has 3 heteroatoms. The van der Waals surface area contributed by atoms with E-state index in [1.54, 1.807) is 0 Å². The van der Waals surface area contributed by atoms with Crippen molar-refractivity contribution in [3.63, 3.8) is 0 Å². The van der Waals surface area contributed by atoms with Gasteiger partial charge in [0.25, 0.3) is 0 Å². The standard InChI is InChI=1S/C5H13NOS/c1-5(2,6)4-7-8-3/h4,6H2,1-3H3. The quantitative estimate of drug-likeness (QED) is 0.587. The first kappa shape index (κ1) is 8.27. The number of hydrogen-bond acceptors (Lipinski definition) is 3. The smallest absolute Gasteiger partial charge is 0.0788 e. The summed E-state index contributed by atoms with van der Waals surface area (Å²) in [7, 11) is 0. The largest absolute Gasteiger partial charge is 0.324 e. The summed E-state index contributed by atoms with van der Waals surface area (Å²) in [5.74, 6) is 0. The lowest BCUT2D eigenvalue weighted by Gasteiger charge is -2.15. The van der Waals surface area contributed by atoms with Crippen molar-refractivity contribution in [3.05, 3.63) is 0 Å². The van der Waals surface area contributed by atoms with E-state index in [4.69, 9.17) is 9.92 Å². The molecule has 2 N–H and O–H groups in total. The van der Waals surface area contributed by atoms with Crippen molar-refractivity contribution in [1.29, 1.82) is 0 Å². The van der Waals surface area contributed by atoms with Crippen LogP contribution in [-0.2, 0) is 4.18 Å². The Labute approximate surface area is 55.0 Å². The average Bonchev–Trinajstić information content (AvgIpc) is 1.59. The molecule has 0 aromatic carbocycles. The second-order valence-electron chi connectivity index (χ2n) is 2.42. The minimum absolute atomic E-state index is 0.191. The molecule has 8 heavy (non-hydrogen) atoms. The van der Waals surface area contributed by atoms with Crippen LogP contribution in [0.4, 0.5) is 0 Å². The van der Waals surface area contributed by atoms with E-state index in [1.165, 1.54) is 12.0 Å². The van der Waals surface area contributed by atoms with Crippen molar-refractivity contribution in [1.82, 2.24) is 0 Å². The van der Waals surface area contributed by atoms with Crippen molar-refractivity contribution in [2.75, 3.05) is 12.9 Å². The van der Waals surface area contributed by atoms with Gasteiger partial charge in [0, 0.05) is 11.8 Å². The normalized spacial score (nSPS) is 12.0. The average molecular weight is 135 g/mol. The Bertz CT molecular complexity index is 59.9. The van der Waals surface area contributed by atoms with Gasteiger partial charge < -0.3 is 9.92 Å². The van der Waals surface area contributed by atoms with E-state index in [-0.39, 0.29) is 5.54 Å². The van der Waals surface area contributed by atoms with Gasteiger partial charge in [-0.1, -0.05) is 0 Å². The summed E-state index contributed by atoms with van der Waals surface area (Å²) in [6.07, 6.45) is 1.88. The third kappa shape index (κ3) is 6.27. The molecule has 0 atom stereocenters. The minimum Gasteiger partial charge on any atom is -0.324 e. The molecule has 0 heterocycles. The highest BCUT2D eigenvalue weighted by molar-refractivity contribution is 7.93. The maximum Gasteiger partial charge on any atom is 0.0788 e. The van der Waals surface area contributed by atoms with E-state index in [9.17, 15) is 0 Å². The predicted molar refractivity (Wildman–Crippen MR) is 37.7 cm³/mol. The van der Waals surface area contributed by atoms with E-state index in [0.29, 0.717) is 6.61 Å². The third-order valence-electron chi connectivity index (χ3n) is 0.549. The summed E-state index contributed by atoms with van der Waals surface area (Å²) in [4.78, 5) is 0. The van der Waals surface area contributed by atoms with Gasteiger partial charge in [-0.05, 0) is 25.9 Å². The molecule has 0 saturated carbocycles. The molecule has 0 saturated heterocycles. The molecular weight excluding hydrogens is 122 g/mol. The second-order valence-corrected chi connectivity index (χ2v) is 2.99. The first-order valence-electron chi connectivity index (χ1n) is 2.51. The van der Waals surface area contributed by atoms with E-state index in [1.807, 2.05) is 20.1 Å². The SMILES string of the molecule is CSOCC(C)(C)N. The number of rotatable bonds is 3. The molecule has 0 fully saturated rings. The molecule has 0 aromatic heterocycles. The monoisotopic (exact) mass is 135 g/mol. The maximum atomic E-state index is 5.58. The molecule has 0 unspecified atom stereocenters. The summed E-state index contributed by atoms with van der Waals surface area (Å²) in [5.41, 5.74) is 5.39. The zero-order valence-corrected chi connectivity index (χ0v) is 6.42. The fourth-order valence-corrected chi connectivity index (χ4v) is 0.632. The lowest BCUT2D eigenvalue weighted by Crippen LogP contribution is -2.36. The first-order chi connectivity index (χ1) is 3.56. The summed E-state index contributed by atoms with van der Waals surface area (Å²) in [6, 6.07) is 0. The van der Waals surface area contributed by atoms with Crippen LogP contribution >= 0.6 is 12.0 Å². The fraction of sp³-hybridized carbons (Fsp3) is 1.00. The van der Waals surface area contributed by atoms with E-state index in [0.717, 1.165) is 0 Å². The molecule has 0 spiro atoms. The van der Waals surface area contributed by atoms with E-state index >= 15 is 0 Å². The predicted octanol–water partition coefficient (Wildman–Crippen LogP) is 1.02. The summed E-state index contributed by atoms with van der Waals surface area (Å²) < 4.78 is 4.99. The summed E-state index contributed by atoms with van der Waals surface area (Å²) in [5, 5.41) is 0. The number of hydrogen-bond donors (Lipinski definition) is 1. The van der Waals surface area contributed by atoms with Crippen LogP contribution in [0.5, 0.6) is 0 Å². The molecule has 0 aliphatic carbocycles. The lowest BCUT2D eigenvalue weighted by atomic mass is 10.1. The van der Waals surface area contributed by atoms with Crippen LogP contribution in [0.3, 0.4) is 0 Å². The van der Waals surface area contributed by atoms with E-state index < -0.39 is 0 Å². The molecule has 0 aliphatic heterocycles. The van der Waals surface area contributed by atoms with Crippen molar-refractivity contribution >= 4 is 12.0 Å². The van der Waals surface area contributed by atoms with Gasteiger partial charge >= 0.3 is 0 Å². The highest BCUT2D eigenvalue weighted by Crippen LogP contribution is 2.02. The van der Waals surface area contributed by atoms with Crippen LogP contribution < -0.4 is 5.73 Å². The Morgan fingerprint density at radius 1 is 1.62 bits per heavy atom. The molecule has 0 aromatic rings. The molecule has 50 valence electrons. The Kier molecular flexibility index (Phi) is 3.44. The Balaban J connectivity index is 3.11. The zero-order valence-electron chi connectivity index (χ0n) is 5.60. The van der Waals surface area contributed by atoms with Crippen LogP contribution in [0.15, 0.2) is 0 Å². The fourth-order valence-electron chi connectivity index (χ4n) is 0.211. The Morgan fingerprint density at radius 2 is 2.12 bits per heavy atom. The minimum atomic E-state index is -0.191. The van der Waals surface area contributed by atoms with Gasteiger partial charge in [-0.15, -0.1) is 0 Å². The van der Waals surface area contributed by atoms with Crippen LogP contribution in [0.2, 0.25) is 0 Å². The van der Waals surface area contributed by atoms with Gasteiger partial charge in [-0.2, -0.15) is 0 Å². The highest BCUT2D eigenvalue weighted by Gasteiger charge is 2.09. The van der Waals surface area contributed by atoms with Gasteiger partial charge in [0.1, 0.15) is 0 Å². The number of nitrogens with two attached hydrogens (primary N) is 1. The highest BCUT2D eigenvalue weighted by atomic mass is 32.2. The maximum absolute atomic E-state index is 5.58. The van der Waals surface area contributed by atoms with Crippen molar-refractivity contribution in [2.45, 2.75) is 19.4 Å². The van der Waals surface area contributed by atoms with Gasteiger partial charge in [0.15, 0.2) is 0 Å². The molecule has 0 amide bonds. The van der Waals surface area contributed by atoms with E-state index in [2.05, 4.69) is 0 Å². The zero-order chi connectivity index (χ0) is 6.62. The molecule has 0 rings (SSSR count). The van der Waals surface area contributed by atoms with Crippen molar-refractivity contribution < 1.29 is 4.18 Å². The van der Waals surface area contributed by atoms with Crippen molar-refractivity contribution in [2.24, 2.45) is 5.73 Å². The summed E-state index contributed by atoms with van der Waals surface area (Å²) >= 11 is 1.35. The van der Waals surface area contributed by atoms with Gasteiger partial charge in [0.2, 0.25) is 0 Å². The van der Waals surface area contributed by atoms with Gasteiger partial charge in [0.05, 0.1) is 6.61 Å². The summed E-state index contributed by atoms with van der Waals surface area (Å²) in [6.45, 7) is 4.47. The van der Waals surface area contributed by atoms with Crippen molar-refractivity contribution in [3.8, 4) is 0 Å². The van der Waals surface area contributed by atoms with Crippen LogP contribution in [0, 0.1) is 0 Å². The van der Waals surface area contributed by atoms with Crippen LogP contribution in [0.25, 0.3) is 0 Å². The van der Waals surface area contributed by atoms with Crippen LogP contribution in [-0.4, -0.2) is 18.4 Å². The topological polar surface area (TPSA) is 35.2 Å². The molecule has 0 aliphatic rings. The van der Waals surface area contributed by atoms with Gasteiger partial charge in [-0.3, -0.25) is 0 Å². The molecule has 2 nitrogen and oxygen atoms in total. The molecule has 0 radical (unpaired) electrons.